The van der Waals surface area contributed by atoms with Crippen LogP contribution in [-0.2, 0) is 0 Å². The molecule has 16 heavy (non-hydrogen) atoms. The van der Waals surface area contributed by atoms with Gasteiger partial charge in [0.1, 0.15) is 0 Å². The Labute approximate surface area is 104 Å². The molecule has 0 radical (unpaired) electrons. The summed E-state index contributed by atoms with van der Waals surface area (Å²) in [6.45, 7) is 18.0. The SMILES string of the molecule is CC.CC.CC.CC/C(C#N)=C\C=C(C)C. The Bertz CT molecular complexity index is 188. The molecule has 0 amide bonds. The lowest BCUT2D eigenvalue weighted by atomic mass is 10.2. The van der Waals surface area contributed by atoms with E-state index in [9.17, 15) is 0 Å². The molecule has 0 bridgehead atoms. The van der Waals surface area contributed by atoms with Crippen molar-refractivity contribution < 1.29 is 0 Å². The summed E-state index contributed by atoms with van der Waals surface area (Å²) < 4.78 is 0. The fourth-order valence-corrected chi connectivity index (χ4v) is 0.501. The van der Waals surface area contributed by atoms with E-state index in [0.717, 1.165) is 12.0 Å². The summed E-state index contributed by atoms with van der Waals surface area (Å²) in [4.78, 5) is 0. The maximum absolute atomic E-state index is 8.49. The number of rotatable bonds is 2. The molecule has 0 N–H and O–H groups in total. The van der Waals surface area contributed by atoms with Gasteiger partial charge in [0.05, 0.1) is 6.07 Å². The predicted octanol–water partition coefficient (Wildman–Crippen LogP) is 5.89. The number of nitriles is 1. The van der Waals surface area contributed by atoms with Gasteiger partial charge >= 0.3 is 0 Å². The van der Waals surface area contributed by atoms with E-state index in [2.05, 4.69) is 6.07 Å². The van der Waals surface area contributed by atoms with Gasteiger partial charge in [-0.05, 0) is 26.3 Å². The summed E-state index contributed by atoms with van der Waals surface area (Å²) >= 11 is 0. The molecule has 0 aromatic heterocycles. The Kier molecular flexibility index (Phi) is 44.3. The maximum atomic E-state index is 8.49. The van der Waals surface area contributed by atoms with Crippen LogP contribution in [0.4, 0.5) is 0 Å². The maximum Gasteiger partial charge on any atom is 0.0946 e. The smallest absolute Gasteiger partial charge is 0.0946 e. The lowest BCUT2D eigenvalue weighted by Crippen LogP contribution is -1.72. The van der Waals surface area contributed by atoms with Crippen LogP contribution in [-0.4, -0.2) is 0 Å². The summed E-state index contributed by atoms with van der Waals surface area (Å²) in [5, 5.41) is 8.49. The van der Waals surface area contributed by atoms with E-state index in [1.807, 2.05) is 74.5 Å². The molecule has 0 fully saturated rings. The third-order valence-electron chi connectivity index (χ3n) is 1.14. The second-order valence-corrected chi connectivity index (χ2v) is 2.40. The van der Waals surface area contributed by atoms with Crippen molar-refractivity contribution in [2.45, 2.75) is 68.7 Å². The first kappa shape index (κ1) is 24.3. The van der Waals surface area contributed by atoms with E-state index in [1.165, 1.54) is 5.57 Å². The lowest BCUT2D eigenvalue weighted by Gasteiger charge is -1.87. The molecule has 0 saturated carbocycles. The summed E-state index contributed by atoms with van der Waals surface area (Å²) in [6.07, 6.45) is 4.65. The fraction of sp³-hybridized carbons (Fsp3) is 0.667. The Balaban J connectivity index is -0.000000103. The Morgan fingerprint density at radius 1 is 0.938 bits per heavy atom. The number of nitrogens with zero attached hydrogens (tertiary/aromatic N) is 1. The zero-order valence-electron chi connectivity index (χ0n) is 12.8. The fourth-order valence-electron chi connectivity index (χ4n) is 0.501. The molecule has 0 spiro atoms. The summed E-state index contributed by atoms with van der Waals surface area (Å²) in [5.74, 6) is 0. The van der Waals surface area contributed by atoms with Crippen molar-refractivity contribution in [3.05, 3.63) is 23.3 Å². The van der Waals surface area contributed by atoms with Crippen LogP contribution in [0.25, 0.3) is 0 Å². The molecule has 0 atom stereocenters. The van der Waals surface area contributed by atoms with Gasteiger partial charge in [-0.2, -0.15) is 5.26 Å². The van der Waals surface area contributed by atoms with Gasteiger partial charge in [0.2, 0.25) is 0 Å². The monoisotopic (exact) mass is 225 g/mol. The minimum absolute atomic E-state index is 0.820. The standard InChI is InChI=1S/C9H13N.3C2H6/c1-4-9(7-10)6-5-8(2)3;3*1-2/h5-6H,4H2,1-3H3;3*1-2H3/b9-6+;;;. The van der Waals surface area contributed by atoms with Gasteiger partial charge in [-0.3, -0.25) is 0 Å². The molecule has 0 aromatic rings. The van der Waals surface area contributed by atoms with Crippen LogP contribution in [0.5, 0.6) is 0 Å². The van der Waals surface area contributed by atoms with E-state index in [1.54, 1.807) is 0 Å². The van der Waals surface area contributed by atoms with Crippen LogP contribution in [0.15, 0.2) is 23.3 Å². The van der Waals surface area contributed by atoms with Gasteiger partial charge < -0.3 is 0 Å². The summed E-state index contributed by atoms with van der Waals surface area (Å²) in [5.41, 5.74) is 2.06. The molecule has 0 saturated heterocycles. The highest BCUT2D eigenvalue weighted by Gasteiger charge is 1.85. The van der Waals surface area contributed by atoms with Gasteiger partial charge in [0, 0.05) is 5.57 Å². The normalized spacial score (nSPS) is 7.62. The van der Waals surface area contributed by atoms with Gasteiger partial charge in [-0.1, -0.05) is 60.1 Å². The van der Waals surface area contributed by atoms with E-state index in [-0.39, 0.29) is 0 Å². The first-order valence-electron chi connectivity index (χ1n) is 6.44. The molecule has 0 aliphatic carbocycles. The average molecular weight is 225 g/mol. The highest BCUT2D eigenvalue weighted by molar-refractivity contribution is 5.26. The lowest BCUT2D eigenvalue weighted by molar-refractivity contribution is 1.15. The van der Waals surface area contributed by atoms with E-state index in [4.69, 9.17) is 5.26 Å². The second-order valence-electron chi connectivity index (χ2n) is 2.40. The molecular weight excluding hydrogens is 194 g/mol. The quantitative estimate of drug-likeness (QED) is 0.424. The zero-order chi connectivity index (χ0) is 14.0. The molecule has 0 unspecified atom stereocenters. The molecule has 1 heteroatoms. The Morgan fingerprint density at radius 2 is 1.31 bits per heavy atom. The van der Waals surface area contributed by atoms with Gasteiger partial charge in [0.15, 0.2) is 0 Å². The van der Waals surface area contributed by atoms with Crippen LogP contribution in [0, 0.1) is 11.3 Å². The molecule has 0 aliphatic rings. The van der Waals surface area contributed by atoms with Crippen molar-refractivity contribution >= 4 is 0 Å². The molecule has 0 aliphatic heterocycles. The molecule has 96 valence electrons. The molecule has 0 aromatic carbocycles. The number of hydrogen-bond acceptors (Lipinski definition) is 1. The highest BCUT2D eigenvalue weighted by Crippen LogP contribution is 1.99. The third-order valence-corrected chi connectivity index (χ3v) is 1.14. The highest BCUT2D eigenvalue weighted by atomic mass is 14.2. The minimum Gasteiger partial charge on any atom is -0.193 e. The van der Waals surface area contributed by atoms with Crippen LogP contribution in [0.1, 0.15) is 68.7 Å². The number of hydrogen-bond donors (Lipinski definition) is 0. The molecule has 1 nitrogen and oxygen atoms in total. The second kappa shape index (κ2) is 29.2. The predicted molar refractivity (Wildman–Crippen MR) is 77.5 cm³/mol. The summed E-state index contributed by atoms with van der Waals surface area (Å²) in [7, 11) is 0. The third kappa shape index (κ3) is 29.3. The van der Waals surface area contributed by atoms with Gasteiger partial charge in [-0.25, -0.2) is 0 Å². The molecule has 0 heterocycles. The van der Waals surface area contributed by atoms with E-state index < -0.39 is 0 Å². The van der Waals surface area contributed by atoms with Crippen molar-refractivity contribution in [2.24, 2.45) is 0 Å². The van der Waals surface area contributed by atoms with Gasteiger partial charge in [-0.15, -0.1) is 0 Å². The topological polar surface area (TPSA) is 23.8 Å². The van der Waals surface area contributed by atoms with E-state index in [0.29, 0.717) is 0 Å². The average Bonchev–Trinajstić information content (AvgIpc) is 2.37. The first-order chi connectivity index (χ1) is 7.70. The van der Waals surface area contributed by atoms with E-state index >= 15 is 0 Å². The van der Waals surface area contributed by atoms with Crippen LogP contribution in [0.2, 0.25) is 0 Å². The molecule has 0 rings (SSSR count). The minimum atomic E-state index is 0.820. The Hall–Kier alpha value is -1.03. The molecular formula is C15H31N. The first-order valence-corrected chi connectivity index (χ1v) is 6.44. The van der Waals surface area contributed by atoms with Crippen LogP contribution >= 0.6 is 0 Å². The van der Waals surface area contributed by atoms with Crippen molar-refractivity contribution in [3.63, 3.8) is 0 Å². The van der Waals surface area contributed by atoms with Crippen LogP contribution < -0.4 is 0 Å². The van der Waals surface area contributed by atoms with Crippen molar-refractivity contribution in [2.75, 3.05) is 0 Å². The van der Waals surface area contributed by atoms with Crippen molar-refractivity contribution in [3.8, 4) is 6.07 Å². The van der Waals surface area contributed by atoms with Crippen LogP contribution in [0.3, 0.4) is 0 Å². The van der Waals surface area contributed by atoms with Crippen molar-refractivity contribution in [1.82, 2.24) is 0 Å². The number of allylic oxidation sites excluding steroid dienone is 4. The van der Waals surface area contributed by atoms with Gasteiger partial charge in [0.25, 0.3) is 0 Å². The Morgan fingerprint density at radius 3 is 1.50 bits per heavy atom. The summed E-state index contributed by atoms with van der Waals surface area (Å²) in [6, 6.07) is 2.12. The largest absolute Gasteiger partial charge is 0.193 e. The zero-order valence-corrected chi connectivity index (χ0v) is 12.8. The van der Waals surface area contributed by atoms with Crippen molar-refractivity contribution in [1.29, 1.82) is 5.26 Å².